The molecule has 0 bridgehead atoms. The van der Waals surface area contributed by atoms with E-state index in [1.165, 1.54) is 0 Å². The van der Waals surface area contributed by atoms with E-state index in [9.17, 15) is 18.0 Å². The van der Waals surface area contributed by atoms with Crippen molar-refractivity contribution in [3.8, 4) is 0 Å². The van der Waals surface area contributed by atoms with Crippen molar-refractivity contribution in [2.24, 2.45) is 5.92 Å². The largest absolute Gasteiger partial charge is 0.393 e. The number of alkyl halides is 4. The number of amides is 1. The lowest BCUT2D eigenvalue weighted by Crippen LogP contribution is -2.48. The van der Waals surface area contributed by atoms with Gasteiger partial charge in [0.2, 0.25) is 5.91 Å². The quantitative estimate of drug-likeness (QED) is 0.742. The summed E-state index contributed by atoms with van der Waals surface area (Å²) in [5.41, 5.74) is 0. The predicted octanol–water partition coefficient (Wildman–Crippen LogP) is 2.46. The summed E-state index contributed by atoms with van der Waals surface area (Å²) in [5, 5.41) is 2.33. The molecule has 0 radical (unpaired) electrons. The predicted molar refractivity (Wildman–Crippen MR) is 50.7 cm³/mol. The van der Waals surface area contributed by atoms with E-state index < -0.39 is 24.0 Å². The fourth-order valence-corrected chi connectivity index (χ4v) is 2.02. The molecule has 1 N–H and O–H groups in total. The molecule has 1 amide bonds. The minimum Gasteiger partial charge on any atom is -0.352 e. The molecule has 0 aromatic rings. The molecule has 0 aromatic carbocycles. The average Bonchev–Trinajstić information content (AvgIpc) is 2.17. The number of carbonyl (C=O) groups is 1. The lowest BCUT2D eigenvalue weighted by atomic mass is 9.84. The highest BCUT2D eigenvalue weighted by Gasteiger charge is 2.45. The van der Waals surface area contributed by atoms with Crippen molar-refractivity contribution in [2.75, 3.05) is 5.88 Å². The van der Waals surface area contributed by atoms with E-state index >= 15 is 0 Å². The Morgan fingerprint density at radius 1 is 1.33 bits per heavy atom. The molecule has 1 aliphatic rings. The van der Waals surface area contributed by atoms with Crippen LogP contribution in [-0.2, 0) is 4.79 Å². The van der Waals surface area contributed by atoms with E-state index in [4.69, 9.17) is 11.6 Å². The number of carbonyl (C=O) groups excluding carboxylic acids is 1. The van der Waals surface area contributed by atoms with Gasteiger partial charge in [-0.05, 0) is 12.8 Å². The zero-order valence-corrected chi connectivity index (χ0v) is 8.87. The fraction of sp³-hybridized carbons (Fsp3) is 0.889. The highest BCUT2D eigenvalue weighted by Crippen LogP contribution is 2.37. The molecule has 0 aromatic heterocycles. The Kier molecular flexibility index (Phi) is 4.25. The van der Waals surface area contributed by atoms with Crippen LogP contribution in [0.5, 0.6) is 0 Å². The highest BCUT2D eigenvalue weighted by molar-refractivity contribution is 6.27. The second-order valence-corrected chi connectivity index (χ2v) is 4.01. The molecule has 0 spiro atoms. The number of halogens is 4. The van der Waals surface area contributed by atoms with Crippen LogP contribution in [0.3, 0.4) is 0 Å². The second-order valence-electron chi connectivity index (χ2n) is 3.74. The maximum Gasteiger partial charge on any atom is 0.393 e. The smallest absolute Gasteiger partial charge is 0.352 e. The van der Waals surface area contributed by atoms with E-state index in [0.717, 1.165) is 6.42 Å². The molecule has 1 saturated carbocycles. The molecular weight excluding hydrogens is 231 g/mol. The van der Waals surface area contributed by atoms with Crippen LogP contribution >= 0.6 is 11.6 Å². The first-order valence-electron chi connectivity index (χ1n) is 4.87. The minimum atomic E-state index is -4.23. The first-order chi connectivity index (χ1) is 6.95. The first-order valence-corrected chi connectivity index (χ1v) is 5.40. The van der Waals surface area contributed by atoms with E-state index in [1.54, 1.807) is 0 Å². The molecule has 0 saturated heterocycles. The monoisotopic (exact) mass is 243 g/mol. The molecule has 6 heteroatoms. The maximum atomic E-state index is 12.6. The molecule has 2 atom stereocenters. The van der Waals surface area contributed by atoms with Crippen molar-refractivity contribution < 1.29 is 18.0 Å². The Hall–Kier alpha value is -0.450. The van der Waals surface area contributed by atoms with Crippen LogP contribution in [0, 0.1) is 5.92 Å². The van der Waals surface area contributed by atoms with E-state index in [-0.39, 0.29) is 12.3 Å². The molecule has 0 heterocycles. The molecule has 2 nitrogen and oxygen atoms in total. The third-order valence-corrected chi connectivity index (χ3v) is 2.90. The van der Waals surface area contributed by atoms with Crippen molar-refractivity contribution in [2.45, 2.75) is 37.9 Å². The Labute approximate surface area is 91.2 Å². The van der Waals surface area contributed by atoms with Crippen LogP contribution in [0.1, 0.15) is 25.7 Å². The summed E-state index contributed by atoms with van der Waals surface area (Å²) in [5.74, 6) is -2.24. The Bertz CT molecular complexity index is 232. The summed E-state index contributed by atoms with van der Waals surface area (Å²) in [7, 11) is 0. The number of rotatable bonds is 2. The van der Waals surface area contributed by atoms with Gasteiger partial charge in [0.25, 0.3) is 0 Å². The van der Waals surface area contributed by atoms with Crippen LogP contribution in [0.15, 0.2) is 0 Å². The lowest BCUT2D eigenvalue weighted by Gasteiger charge is -2.33. The molecule has 0 unspecified atom stereocenters. The lowest BCUT2D eigenvalue weighted by molar-refractivity contribution is -0.189. The van der Waals surface area contributed by atoms with Crippen molar-refractivity contribution in [3.63, 3.8) is 0 Å². The third kappa shape index (κ3) is 3.55. The molecule has 1 fully saturated rings. The molecular formula is C9H13ClF3NO. The SMILES string of the molecule is O=C(CCl)N[C@H]1CCCC[C@H]1C(F)(F)F. The minimum absolute atomic E-state index is 0.0940. The van der Waals surface area contributed by atoms with Gasteiger partial charge in [-0.3, -0.25) is 4.79 Å². The Morgan fingerprint density at radius 2 is 1.93 bits per heavy atom. The zero-order valence-electron chi connectivity index (χ0n) is 8.11. The van der Waals surface area contributed by atoms with Gasteiger partial charge in [-0.25, -0.2) is 0 Å². The molecule has 1 rings (SSSR count). The summed E-state index contributed by atoms with van der Waals surface area (Å²) in [6.07, 6.45) is -2.47. The number of hydrogen-bond donors (Lipinski definition) is 1. The number of hydrogen-bond acceptors (Lipinski definition) is 1. The molecule has 15 heavy (non-hydrogen) atoms. The van der Waals surface area contributed by atoms with Gasteiger partial charge >= 0.3 is 6.18 Å². The van der Waals surface area contributed by atoms with Gasteiger partial charge in [0.15, 0.2) is 0 Å². The molecule has 1 aliphatic carbocycles. The van der Waals surface area contributed by atoms with Crippen LogP contribution in [0.25, 0.3) is 0 Å². The molecule has 0 aliphatic heterocycles. The normalized spacial score (nSPS) is 27.5. The Morgan fingerprint density at radius 3 is 2.47 bits per heavy atom. The summed E-state index contributed by atoms with van der Waals surface area (Å²) >= 11 is 5.24. The van der Waals surface area contributed by atoms with Gasteiger partial charge < -0.3 is 5.32 Å². The van der Waals surface area contributed by atoms with Gasteiger partial charge in [-0.2, -0.15) is 13.2 Å². The van der Waals surface area contributed by atoms with Gasteiger partial charge in [0.05, 0.1) is 5.92 Å². The summed E-state index contributed by atoms with van der Waals surface area (Å²) in [4.78, 5) is 10.9. The third-order valence-electron chi connectivity index (χ3n) is 2.65. The standard InChI is InChI=1S/C9H13ClF3NO/c10-5-8(15)14-7-4-2-1-3-6(7)9(11,12)13/h6-7H,1-5H2,(H,14,15)/t6-,7+/m1/s1. The van der Waals surface area contributed by atoms with Crippen LogP contribution in [0.2, 0.25) is 0 Å². The van der Waals surface area contributed by atoms with E-state index in [2.05, 4.69) is 5.32 Å². The number of nitrogens with one attached hydrogen (secondary N) is 1. The van der Waals surface area contributed by atoms with Gasteiger partial charge in [0.1, 0.15) is 5.88 Å². The van der Waals surface area contributed by atoms with Crippen molar-refractivity contribution in [1.29, 1.82) is 0 Å². The van der Waals surface area contributed by atoms with Crippen LogP contribution in [0.4, 0.5) is 13.2 Å². The van der Waals surface area contributed by atoms with Crippen molar-refractivity contribution in [1.82, 2.24) is 5.32 Å². The molecule has 88 valence electrons. The fourth-order valence-electron chi connectivity index (χ4n) is 1.94. The highest BCUT2D eigenvalue weighted by atomic mass is 35.5. The topological polar surface area (TPSA) is 29.1 Å². The van der Waals surface area contributed by atoms with Crippen LogP contribution < -0.4 is 5.32 Å². The van der Waals surface area contributed by atoms with E-state index in [1.807, 2.05) is 0 Å². The van der Waals surface area contributed by atoms with E-state index in [0.29, 0.717) is 12.8 Å². The summed E-state index contributed by atoms with van der Waals surface area (Å²) in [6.45, 7) is 0. The summed E-state index contributed by atoms with van der Waals surface area (Å²) in [6, 6.07) is -0.801. The summed E-state index contributed by atoms with van der Waals surface area (Å²) < 4.78 is 37.7. The Balaban J connectivity index is 2.62. The van der Waals surface area contributed by atoms with Crippen molar-refractivity contribution >= 4 is 17.5 Å². The van der Waals surface area contributed by atoms with Crippen molar-refractivity contribution in [3.05, 3.63) is 0 Å². The maximum absolute atomic E-state index is 12.6. The second kappa shape index (κ2) is 5.05. The first kappa shape index (κ1) is 12.6. The van der Waals surface area contributed by atoms with Crippen LogP contribution in [-0.4, -0.2) is 24.0 Å². The van der Waals surface area contributed by atoms with Gasteiger partial charge in [-0.1, -0.05) is 12.8 Å². The average molecular weight is 244 g/mol. The zero-order chi connectivity index (χ0) is 11.5. The van der Waals surface area contributed by atoms with Gasteiger partial charge in [0, 0.05) is 6.04 Å². The van der Waals surface area contributed by atoms with Gasteiger partial charge in [-0.15, -0.1) is 11.6 Å².